The third-order valence-corrected chi connectivity index (χ3v) is 5.59. The Hall–Kier alpha value is -0.600. The van der Waals surface area contributed by atoms with Gasteiger partial charge in [-0.1, -0.05) is 51.0 Å². The van der Waals surface area contributed by atoms with Crippen LogP contribution in [0.25, 0.3) is 0 Å². The number of hydrogen-bond acceptors (Lipinski definition) is 2. The average molecular weight is 333 g/mol. The summed E-state index contributed by atoms with van der Waals surface area (Å²) in [6.07, 6.45) is 16.5. The van der Waals surface area contributed by atoms with Gasteiger partial charge in [-0.3, -0.25) is 0 Å². The predicted octanol–water partition coefficient (Wildman–Crippen LogP) is 5.03. The van der Waals surface area contributed by atoms with Crippen LogP contribution in [0.1, 0.15) is 65.7 Å². The molecule has 0 aromatic carbocycles. The van der Waals surface area contributed by atoms with Crippen LogP contribution < -0.4 is 5.32 Å². The lowest BCUT2D eigenvalue weighted by atomic mass is 9.82. The molecule has 1 saturated heterocycles. The first-order valence-corrected chi connectivity index (χ1v) is 10.5. The summed E-state index contributed by atoms with van der Waals surface area (Å²) in [4.78, 5) is 2.73. The van der Waals surface area contributed by atoms with Crippen molar-refractivity contribution in [2.45, 2.75) is 65.7 Å². The molecule has 1 aliphatic carbocycles. The second kappa shape index (κ2) is 11.1. The fourth-order valence-electron chi connectivity index (χ4n) is 4.09. The number of likely N-dealkylation sites (tertiary alicyclic amines) is 1. The van der Waals surface area contributed by atoms with Gasteiger partial charge in [0.25, 0.3) is 0 Å². The van der Waals surface area contributed by atoms with E-state index in [2.05, 4.69) is 49.2 Å². The molecular formula is C22H40N2. The summed E-state index contributed by atoms with van der Waals surface area (Å²) in [5.74, 6) is 2.36. The van der Waals surface area contributed by atoms with Gasteiger partial charge < -0.3 is 10.2 Å². The number of unbranched alkanes of at least 4 members (excludes halogenated alkanes) is 1. The first-order chi connectivity index (χ1) is 11.7. The van der Waals surface area contributed by atoms with E-state index in [0.717, 1.165) is 18.4 Å². The van der Waals surface area contributed by atoms with Gasteiger partial charge in [-0.2, -0.15) is 0 Å². The molecule has 0 amide bonds. The first-order valence-electron chi connectivity index (χ1n) is 10.5. The molecule has 0 saturated carbocycles. The molecule has 0 bridgehead atoms. The van der Waals surface area contributed by atoms with Crippen LogP contribution in [0, 0.1) is 17.8 Å². The Morgan fingerprint density at radius 3 is 2.96 bits per heavy atom. The maximum Gasteiger partial charge on any atom is 0.00471 e. The minimum absolute atomic E-state index is 0.707. The number of nitrogens with zero attached hydrogens (tertiary/aromatic N) is 1. The smallest absolute Gasteiger partial charge is 0.00471 e. The van der Waals surface area contributed by atoms with Crippen molar-refractivity contribution in [1.29, 1.82) is 0 Å². The fourth-order valence-corrected chi connectivity index (χ4v) is 4.09. The van der Waals surface area contributed by atoms with Gasteiger partial charge >= 0.3 is 0 Å². The van der Waals surface area contributed by atoms with E-state index in [4.69, 9.17) is 0 Å². The van der Waals surface area contributed by atoms with Crippen molar-refractivity contribution in [3.8, 4) is 0 Å². The molecule has 138 valence electrons. The maximum atomic E-state index is 3.64. The van der Waals surface area contributed by atoms with Gasteiger partial charge in [-0.25, -0.2) is 0 Å². The average Bonchev–Trinajstić information content (AvgIpc) is 2.59. The number of hydrogen-bond donors (Lipinski definition) is 1. The van der Waals surface area contributed by atoms with E-state index in [-0.39, 0.29) is 0 Å². The van der Waals surface area contributed by atoms with E-state index in [1.807, 2.05) is 0 Å². The minimum atomic E-state index is 0.707. The molecule has 0 spiro atoms. The number of piperidine rings is 1. The van der Waals surface area contributed by atoms with Gasteiger partial charge in [0.05, 0.1) is 0 Å². The van der Waals surface area contributed by atoms with E-state index in [9.17, 15) is 0 Å². The largest absolute Gasteiger partial charge is 0.316 e. The Kier molecular flexibility index (Phi) is 9.12. The third kappa shape index (κ3) is 7.11. The molecule has 2 aliphatic rings. The van der Waals surface area contributed by atoms with Crippen LogP contribution in [0.5, 0.6) is 0 Å². The molecule has 2 heteroatoms. The standard InChI is InChI=1S/C22H40N2/c1-4-5-13-23-17-20-10-6-11-21(16-20)22-12-8-15-24(18-22)14-7-9-19(2)3/h6,10-11,19-20,22-23H,4-5,7-9,12-18H2,1-3H3. The van der Waals surface area contributed by atoms with E-state index in [0.29, 0.717) is 5.92 Å². The van der Waals surface area contributed by atoms with E-state index in [1.165, 1.54) is 71.1 Å². The zero-order valence-electron chi connectivity index (χ0n) is 16.4. The molecule has 0 radical (unpaired) electrons. The molecule has 2 rings (SSSR count). The topological polar surface area (TPSA) is 15.3 Å². The number of rotatable bonds is 10. The lowest BCUT2D eigenvalue weighted by Crippen LogP contribution is -2.37. The Morgan fingerprint density at radius 1 is 1.29 bits per heavy atom. The predicted molar refractivity (Wildman–Crippen MR) is 106 cm³/mol. The summed E-state index contributed by atoms with van der Waals surface area (Å²) >= 11 is 0. The summed E-state index contributed by atoms with van der Waals surface area (Å²) < 4.78 is 0. The molecule has 2 atom stereocenters. The Morgan fingerprint density at radius 2 is 2.17 bits per heavy atom. The first kappa shape index (κ1) is 19.7. The van der Waals surface area contributed by atoms with Crippen molar-refractivity contribution in [3.63, 3.8) is 0 Å². The zero-order valence-corrected chi connectivity index (χ0v) is 16.4. The molecule has 2 unspecified atom stereocenters. The highest BCUT2D eigenvalue weighted by molar-refractivity contribution is 5.23. The summed E-state index contributed by atoms with van der Waals surface area (Å²) in [5, 5.41) is 3.64. The van der Waals surface area contributed by atoms with Crippen molar-refractivity contribution >= 4 is 0 Å². The van der Waals surface area contributed by atoms with Crippen molar-refractivity contribution in [2.75, 3.05) is 32.7 Å². The molecule has 1 heterocycles. The van der Waals surface area contributed by atoms with Crippen LogP contribution in [0.2, 0.25) is 0 Å². The Labute approximate surface area is 150 Å². The molecule has 2 nitrogen and oxygen atoms in total. The van der Waals surface area contributed by atoms with Crippen LogP contribution in [-0.2, 0) is 0 Å². The van der Waals surface area contributed by atoms with Gasteiger partial charge in [0, 0.05) is 13.1 Å². The zero-order chi connectivity index (χ0) is 17.2. The van der Waals surface area contributed by atoms with Crippen LogP contribution in [0.4, 0.5) is 0 Å². The monoisotopic (exact) mass is 332 g/mol. The van der Waals surface area contributed by atoms with E-state index in [1.54, 1.807) is 5.57 Å². The molecule has 1 fully saturated rings. The highest BCUT2D eigenvalue weighted by Crippen LogP contribution is 2.31. The van der Waals surface area contributed by atoms with Gasteiger partial charge in [-0.15, -0.1) is 0 Å². The van der Waals surface area contributed by atoms with Crippen LogP contribution in [-0.4, -0.2) is 37.6 Å². The quantitative estimate of drug-likeness (QED) is 0.565. The highest BCUT2D eigenvalue weighted by atomic mass is 15.1. The van der Waals surface area contributed by atoms with E-state index >= 15 is 0 Å². The normalized spacial score (nSPS) is 25.2. The minimum Gasteiger partial charge on any atom is -0.316 e. The van der Waals surface area contributed by atoms with Gasteiger partial charge in [0.2, 0.25) is 0 Å². The lowest BCUT2D eigenvalue weighted by Gasteiger charge is -2.35. The molecule has 1 N–H and O–H groups in total. The molecule has 0 aromatic rings. The van der Waals surface area contributed by atoms with Crippen molar-refractivity contribution < 1.29 is 0 Å². The SMILES string of the molecule is CCCCNCC1C=CC=C(C2CCCN(CCCC(C)C)C2)C1. The second-order valence-electron chi connectivity index (χ2n) is 8.32. The lowest BCUT2D eigenvalue weighted by molar-refractivity contribution is 0.183. The van der Waals surface area contributed by atoms with Crippen LogP contribution >= 0.6 is 0 Å². The highest BCUT2D eigenvalue weighted by Gasteiger charge is 2.24. The summed E-state index contributed by atoms with van der Waals surface area (Å²) in [6, 6.07) is 0. The van der Waals surface area contributed by atoms with E-state index < -0.39 is 0 Å². The van der Waals surface area contributed by atoms with Crippen molar-refractivity contribution in [3.05, 3.63) is 23.8 Å². The third-order valence-electron chi connectivity index (χ3n) is 5.59. The number of nitrogens with one attached hydrogen (secondary N) is 1. The Balaban J connectivity index is 1.74. The van der Waals surface area contributed by atoms with Gasteiger partial charge in [0.15, 0.2) is 0 Å². The van der Waals surface area contributed by atoms with Crippen LogP contribution in [0.3, 0.4) is 0 Å². The number of allylic oxidation sites excluding steroid dienone is 2. The Bertz CT molecular complexity index is 397. The second-order valence-corrected chi connectivity index (χ2v) is 8.32. The summed E-state index contributed by atoms with van der Waals surface area (Å²) in [6.45, 7) is 13.2. The van der Waals surface area contributed by atoms with Crippen molar-refractivity contribution in [2.24, 2.45) is 17.8 Å². The summed E-state index contributed by atoms with van der Waals surface area (Å²) in [5.41, 5.74) is 1.72. The van der Waals surface area contributed by atoms with Gasteiger partial charge in [-0.05, 0) is 75.9 Å². The summed E-state index contributed by atoms with van der Waals surface area (Å²) in [7, 11) is 0. The molecule has 0 aromatic heterocycles. The molecule has 24 heavy (non-hydrogen) atoms. The fraction of sp³-hybridized carbons (Fsp3) is 0.818. The molecule has 1 aliphatic heterocycles. The van der Waals surface area contributed by atoms with Crippen molar-refractivity contribution in [1.82, 2.24) is 10.2 Å². The van der Waals surface area contributed by atoms with Crippen LogP contribution in [0.15, 0.2) is 23.8 Å². The maximum absolute atomic E-state index is 3.64. The molecular weight excluding hydrogens is 292 g/mol. The van der Waals surface area contributed by atoms with Gasteiger partial charge in [0.1, 0.15) is 0 Å².